The van der Waals surface area contributed by atoms with E-state index in [0.717, 1.165) is 5.56 Å². The minimum Gasteiger partial charge on any atom is -0.441 e. The van der Waals surface area contributed by atoms with Gasteiger partial charge in [-0.1, -0.05) is 36.4 Å². The van der Waals surface area contributed by atoms with Crippen LogP contribution in [-0.2, 0) is 16.1 Å². The predicted octanol–water partition coefficient (Wildman–Crippen LogP) is 3.78. The molecule has 0 aromatic heterocycles. The lowest BCUT2D eigenvalue weighted by Crippen LogP contribution is -2.47. The quantitative estimate of drug-likeness (QED) is 0.847. The maximum absolute atomic E-state index is 13.2. The molecule has 1 N–H and O–H groups in total. The van der Waals surface area contributed by atoms with Gasteiger partial charge < -0.3 is 9.57 Å². The average Bonchev–Trinajstić information content (AvgIpc) is 2.99. The molecule has 2 amide bonds. The fourth-order valence-corrected chi connectivity index (χ4v) is 3.69. The van der Waals surface area contributed by atoms with Crippen LogP contribution in [0.2, 0.25) is 0 Å². The van der Waals surface area contributed by atoms with Gasteiger partial charge in [0.05, 0.1) is 6.54 Å². The van der Waals surface area contributed by atoms with Gasteiger partial charge in [0, 0.05) is 38.2 Å². The highest BCUT2D eigenvalue weighted by atomic mass is 19.1. The van der Waals surface area contributed by atoms with Crippen LogP contribution < -0.4 is 5.32 Å². The number of rotatable bonds is 4. The second kappa shape index (κ2) is 8.08. The lowest BCUT2D eigenvalue weighted by molar-refractivity contribution is -0.138. The van der Waals surface area contributed by atoms with E-state index in [1.165, 1.54) is 23.3 Å². The number of amides is 2. The minimum absolute atomic E-state index is 0.313. The molecule has 2 aliphatic heterocycles. The van der Waals surface area contributed by atoms with Crippen molar-refractivity contribution in [2.24, 2.45) is 0 Å². The first-order valence-corrected chi connectivity index (χ1v) is 9.53. The van der Waals surface area contributed by atoms with E-state index in [4.69, 9.17) is 9.57 Å². The fourth-order valence-electron chi connectivity index (χ4n) is 3.69. The predicted molar refractivity (Wildman–Crippen MR) is 103 cm³/mol. The van der Waals surface area contributed by atoms with Crippen molar-refractivity contribution in [1.29, 1.82) is 0 Å². The Labute approximate surface area is 168 Å². The van der Waals surface area contributed by atoms with Crippen molar-refractivity contribution in [3.63, 3.8) is 0 Å². The lowest BCUT2D eigenvalue weighted by Gasteiger charge is -2.36. The Balaban J connectivity index is 1.28. The van der Waals surface area contributed by atoms with Crippen molar-refractivity contribution in [3.8, 4) is 0 Å². The van der Waals surface area contributed by atoms with Crippen molar-refractivity contribution in [2.75, 3.05) is 25.0 Å². The van der Waals surface area contributed by atoms with Gasteiger partial charge in [0.2, 0.25) is 0 Å². The third-order valence-corrected chi connectivity index (χ3v) is 5.17. The Morgan fingerprint density at radius 1 is 1.14 bits per heavy atom. The molecule has 1 spiro atoms. The Hall–Kier alpha value is -3.13. The molecule has 29 heavy (non-hydrogen) atoms. The van der Waals surface area contributed by atoms with Gasteiger partial charge in [-0.25, -0.2) is 14.0 Å². The summed E-state index contributed by atoms with van der Waals surface area (Å²) in [5.74, 6) is -0.439. The molecule has 0 atom stereocenters. The highest BCUT2D eigenvalue weighted by Gasteiger charge is 2.47. The number of halogens is 1. The minimum atomic E-state index is -0.680. The van der Waals surface area contributed by atoms with Crippen molar-refractivity contribution in [3.05, 3.63) is 66.0 Å². The molecule has 0 aliphatic carbocycles. The number of piperidine rings is 1. The van der Waals surface area contributed by atoms with Crippen LogP contribution in [0.25, 0.3) is 0 Å². The standard InChI is InChI=1S/C21H22FN3O4/c22-17-7-4-8-18(13-17)23-19(26)29-25-11-9-21(10-12-25)15-24(20(27)28-21)14-16-5-2-1-3-6-16/h1-8,13H,9-12,14-15H2,(H,23,26). The summed E-state index contributed by atoms with van der Waals surface area (Å²) >= 11 is 0. The topological polar surface area (TPSA) is 71.1 Å². The van der Waals surface area contributed by atoms with Gasteiger partial charge in [0.25, 0.3) is 0 Å². The van der Waals surface area contributed by atoms with E-state index in [-0.39, 0.29) is 6.09 Å². The first-order chi connectivity index (χ1) is 14.0. The summed E-state index contributed by atoms with van der Waals surface area (Å²) in [6.07, 6.45) is 0.141. The number of anilines is 1. The third kappa shape index (κ3) is 4.65. The molecule has 0 unspecified atom stereocenters. The van der Waals surface area contributed by atoms with Crippen LogP contribution in [0.1, 0.15) is 18.4 Å². The molecule has 4 rings (SSSR count). The largest absolute Gasteiger partial charge is 0.441 e. The van der Waals surface area contributed by atoms with Crippen LogP contribution >= 0.6 is 0 Å². The summed E-state index contributed by atoms with van der Waals surface area (Å²) in [6, 6.07) is 15.4. The zero-order valence-corrected chi connectivity index (χ0v) is 15.8. The molecule has 7 nitrogen and oxygen atoms in total. The van der Waals surface area contributed by atoms with Gasteiger partial charge in [-0.2, -0.15) is 0 Å². The lowest BCUT2D eigenvalue weighted by atomic mass is 9.92. The Bertz CT molecular complexity index is 885. The van der Waals surface area contributed by atoms with Crippen molar-refractivity contribution in [2.45, 2.75) is 25.0 Å². The molecule has 2 aromatic carbocycles. The monoisotopic (exact) mass is 399 g/mol. The first kappa shape index (κ1) is 19.2. The van der Waals surface area contributed by atoms with E-state index >= 15 is 0 Å². The second-order valence-electron chi connectivity index (χ2n) is 7.34. The van der Waals surface area contributed by atoms with E-state index in [2.05, 4.69) is 5.32 Å². The highest BCUT2D eigenvalue weighted by Crippen LogP contribution is 2.34. The molecule has 0 radical (unpaired) electrons. The summed E-state index contributed by atoms with van der Waals surface area (Å²) < 4.78 is 18.9. The maximum atomic E-state index is 13.2. The molecule has 2 fully saturated rings. The zero-order chi connectivity index (χ0) is 20.3. The molecule has 8 heteroatoms. The number of nitrogens with zero attached hydrogens (tertiary/aromatic N) is 2. The zero-order valence-electron chi connectivity index (χ0n) is 15.8. The van der Waals surface area contributed by atoms with E-state index in [1.807, 2.05) is 30.3 Å². The normalized spacial score (nSPS) is 18.5. The first-order valence-electron chi connectivity index (χ1n) is 9.53. The number of hydroxylamine groups is 2. The third-order valence-electron chi connectivity index (χ3n) is 5.17. The molecule has 0 saturated carbocycles. The van der Waals surface area contributed by atoms with Crippen molar-refractivity contribution >= 4 is 17.9 Å². The summed E-state index contributed by atoms with van der Waals surface area (Å²) in [6.45, 7) is 1.92. The average molecular weight is 399 g/mol. The Morgan fingerprint density at radius 3 is 2.62 bits per heavy atom. The fraction of sp³-hybridized carbons (Fsp3) is 0.333. The Morgan fingerprint density at radius 2 is 1.90 bits per heavy atom. The summed E-state index contributed by atoms with van der Waals surface area (Å²) in [5, 5.41) is 4.03. The van der Waals surface area contributed by atoms with Gasteiger partial charge in [-0.3, -0.25) is 10.2 Å². The van der Waals surface area contributed by atoms with Crippen LogP contribution in [-0.4, -0.2) is 47.4 Å². The van der Waals surface area contributed by atoms with Gasteiger partial charge >= 0.3 is 12.2 Å². The van der Waals surface area contributed by atoms with Crippen LogP contribution in [0.3, 0.4) is 0 Å². The number of ether oxygens (including phenoxy) is 1. The molecule has 2 saturated heterocycles. The number of hydrogen-bond acceptors (Lipinski definition) is 5. The van der Waals surface area contributed by atoms with Crippen molar-refractivity contribution < 1.29 is 23.6 Å². The number of benzene rings is 2. The second-order valence-corrected chi connectivity index (χ2v) is 7.34. The van der Waals surface area contributed by atoms with E-state index < -0.39 is 17.5 Å². The van der Waals surface area contributed by atoms with Crippen LogP contribution in [0.15, 0.2) is 54.6 Å². The molecular weight excluding hydrogens is 377 g/mol. The molecule has 152 valence electrons. The number of carbonyl (C=O) groups excluding carboxylic acids is 2. The Kier molecular flexibility index (Phi) is 5.35. The van der Waals surface area contributed by atoms with Gasteiger partial charge in [-0.15, -0.1) is 5.06 Å². The summed E-state index contributed by atoms with van der Waals surface area (Å²) in [4.78, 5) is 31.3. The SMILES string of the molecule is O=C(Nc1cccc(F)c1)ON1CCC2(CC1)CN(Cc1ccccc1)C(=O)O2. The number of hydrogen-bond donors (Lipinski definition) is 1. The molecular formula is C21H22FN3O4. The van der Waals surface area contributed by atoms with E-state index in [0.29, 0.717) is 44.7 Å². The molecule has 0 bridgehead atoms. The molecule has 2 heterocycles. The van der Waals surface area contributed by atoms with Crippen LogP contribution in [0.4, 0.5) is 19.7 Å². The maximum Gasteiger partial charge on any atom is 0.430 e. The van der Waals surface area contributed by atoms with Crippen LogP contribution in [0, 0.1) is 5.82 Å². The number of carbonyl (C=O) groups is 2. The van der Waals surface area contributed by atoms with E-state index in [1.54, 1.807) is 11.0 Å². The molecule has 2 aromatic rings. The summed E-state index contributed by atoms with van der Waals surface area (Å²) in [5.41, 5.74) is 0.825. The van der Waals surface area contributed by atoms with Gasteiger partial charge in [0.1, 0.15) is 11.4 Å². The highest BCUT2D eigenvalue weighted by molar-refractivity contribution is 5.84. The van der Waals surface area contributed by atoms with Gasteiger partial charge in [-0.05, 0) is 23.8 Å². The van der Waals surface area contributed by atoms with Gasteiger partial charge in [0.15, 0.2) is 0 Å². The van der Waals surface area contributed by atoms with Crippen molar-refractivity contribution in [1.82, 2.24) is 9.96 Å². The number of nitrogens with one attached hydrogen (secondary N) is 1. The molecule has 2 aliphatic rings. The summed E-state index contributed by atoms with van der Waals surface area (Å²) in [7, 11) is 0. The van der Waals surface area contributed by atoms with E-state index in [9.17, 15) is 14.0 Å². The van der Waals surface area contributed by atoms with Crippen LogP contribution in [0.5, 0.6) is 0 Å². The smallest absolute Gasteiger partial charge is 0.430 e.